The molecule has 3 nitrogen and oxygen atoms in total. The van der Waals surface area contributed by atoms with Gasteiger partial charge >= 0.3 is 0 Å². The molecule has 2 aliphatic carbocycles. The Balaban J connectivity index is 1.79. The first kappa shape index (κ1) is 16.6. The van der Waals surface area contributed by atoms with E-state index in [0.29, 0.717) is 17.4 Å². The zero-order valence-electron chi connectivity index (χ0n) is 14.4. The normalized spacial score (nSPS) is 25.3. The van der Waals surface area contributed by atoms with E-state index in [1.807, 2.05) is 49.4 Å². The second-order valence-electron chi connectivity index (χ2n) is 7.33. The molecule has 0 heterocycles. The lowest BCUT2D eigenvalue weighted by molar-refractivity contribution is 0.279. The third-order valence-corrected chi connectivity index (χ3v) is 7.48. The summed E-state index contributed by atoms with van der Waals surface area (Å²) >= 11 is 0. The van der Waals surface area contributed by atoms with Crippen molar-refractivity contribution >= 4 is 10.0 Å². The van der Waals surface area contributed by atoms with Gasteiger partial charge in [-0.05, 0) is 48.8 Å². The molecule has 4 heteroatoms. The van der Waals surface area contributed by atoms with Crippen LogP contribution in [0.25, 0.3) is 0 Å². The summed E-state index contributed by atoms with van der Waals surface area (Å²) in [6, 6.07) is 17.1. The number of fused-ring (bicyclic) bond motifs is 1. The predicted octanol–water partition coefficient (Wildman–Crippen LogP) is 4.32. The van der Waals surface area contributed by atoms with E-state index in [4.69, 9.17) is 0 Å². The molecule has 0 amide bonds. The van der Waals surface area contributed by atoms with Crippen molar-refractivity contribution < 1.29 is 8.42 Å². The van der Waals surface area contributed by atoms with E-state index < -0.39 is 10.0 Å². The van der Waals surface area contributed by atoms with Gasteiger partial charge in [-0.3, -0.25) is 0 Å². The molecule has 0 aromatic heterocycles. The van der Waals surface area contributed by atoms with Crippen molar-refractivity contribution in [3.8, 4) is 0 Å². The Morgan fingerprint density at radius 2 is 1.76 bits per heavy atom. The van der Waals surface area contributed by atoms with Crippen molar-refractivity contribution in [3.05, 3.63) is 78.4 Å². The zero-order chi connectivity index (χ0) is 17.7. The SMILES string of the molecule is C=CCN(C(c1ccccc1)C12CC1C2)S(=O)(=O)c1ccc(C)cc1. The largest absolute Gasteiger partial charge is 0.243 e. The van der Waals surface area contributed by atoms with Crippen molar-refractivity contribution in [2.24, 2.45) is 11.3 Å². The van der Waals surface area contributed by atoms with Gasteiger partial charge in [0.2, 0.25) is 10.0 Å². The Morgan fingerprint density at radius 3 is 2.28 bits per heavy atom. The lowest BCUT2D eigenvalue weighted by Crippen LogP contribution is -2.37. The average molecular weight is 353 g/mol. The van der Waals surface area contributed by atoms with Gasteiger partial charge in [-0.1, -0.05) is 54.1 Å². The number of sulfonamides is 1. The zero-order valence-corrected chi connectivity index (χ0v) is 15.2. The lowest BCUT2D eigenvalue weighted by atomic mass is 9.96. The smallest absolute Gasteiger partial charge is 0.207 e. The molecule has 0 bridgehead atoms. The average Bonchev–Trinajstić information content (AvgIpc) is 3.46. The van der Waals surface area contributed by atoms with Crippen LogP contribution in [0, 0.1) is 18.3 Å². The first-order chi connectivity index (χ1) is 12.0. The van der Waals surface area contributed by atoms with Crippen LogP contribution < -0.4 is 0 Å². The summed E-state index contributed by atoms with van der Waals surface area (Å²) in [6.07, 6.45) is 3.95. The number of aryl methyl sites for hydroxylation is 1. The first-order valence-electron chi connectivity index (χ1n) is 8.73. The highest BCUT2D eigenvalue weighted by atomic mass is 32.2. The molecule has 2 aliphatic rings. The Hall–Kier alpha value is -1.91. The maximum absolute atomic E-state index is 13.4. The van der Waals surface area contributed by atoms with E-state index in [1.54, 1.807) is 22.5 Å². The third-order valence-electron chi connectivity index (χ3n) is 5.63. The van der Waals surface area contributed by atoms with Crippen molar-refractivity contribution in [1.82, 2.24) is 4.31 Å². The summed E-state index contributed by atoms with van der Waals surface area (Å²) in [5.74, 6) is 0.679. The summed E-state index contributed by atoms with van der Waals surface area (Å²) in [6.45, 7) is 6.09. The molecule has 1 unspecified atom stereocenters. The molecule has 2 fully saturated rings. The molecule has 2 aromatic rings. The fourth-order valence-corrected chi connectivity index (χ4v) is 5.58. The van der Waals surface area contributed by atoms with Crippen molar-refractivity contribution in [2.75, 3.05) is 6.54 Å². The molecule has 0 radical (unpaired) electrons. The highest BCUT2D eigenvalue weighted by Crippen LogP contribution is 2.81. The standard InChI is InChI=1S/C21H23NO2S/c1-3-13-22(25(23,24)19-11-9-16(2)10-12-19)20(21-14-18(21)15-21)17-7-5-4-6-8-17/h3-12,18,20H,1,13-15H2,2H3. The minimum atomic E-state index is -3.58. The van der Waals surface area contributed by atoms with E-state index in [1.165, 1.54) is 0 Å². The summed E-state index contributed by atoms with van der Waals surface area (Å²) < 4.78 is 28.5. The highest BCUT2D eigenvalue weighted by Gasteiger charge is 2.74. The maximum atomic E-state index is 13.4. The van der Waals surface area contributed by atoms with E-state index in [9.17, 15) is 8.42 Å². The van der Waals surface area contributed by atoms with Gasteiger partial charge < -0.3 is 0 Å². The van der Waals surface area contributed by atoms with E-state index in [-0.39, 0.29) is 11.5 Å². The molecule has 4 rings (SSSR count). The Bertz CT molecular complexity index is 881. The molecule has 2 aromatic carbocycles. The van der Waals surface area contributed by atoms with Gasteiger partial charge in [-0.2, -0.15) is 4.31 Å². The topological polar surface area (TPSA) is 37.4 Å². The van der Waals surface area contributed by atoms with Gasteiger partial charge in [-0.25, -0.2) is 8.42 Å². The van der Waals surface area contributed by atoms with Crippen molar-refractivity contribution in [2.45, 2.75) is 30.7 Å². The van der Waals surface area contributed by atoms with E-state index in [0.717, 1.165) is 24.0 Å². The fraction of sp³-hybridized carbons (Fsp3) is 0.333. The quantitative estimate of drug-likeness (QED) is 0.695. The molecular formula is C21H23NO2S. The lowest BCUT2D eigenvalue weighted by Gasteiger charge is -2.33. The summed E-state index contributed by atoms with van der Waals surface area (Å²) in [5.41, 5.74) is 2.28. The minimum Gasteiger partial charge on any atom is -0.207 e. The molecule has 0 N–H and O–H groups in total. The molecular weight excluding hydrogens is 330 g/mol. The van der Waals surface area contributed by atoms with E-state index in [2.05, 4.69) is 6.58 Å². The highest BCUT2D eigenvalue weighted by molar-refractivity contribution is 7.89. The summed E-state index contributed by atoms with van der Waals surface area (Å²) in [5, 5.41) is 0. The molecule has 0 spiro atoms. The van der Waals surface area contributed by atoms with Crippen molar-refractivity contribution in [3.63, 3.8) is 0 Å². The summed E-state index contributed by atoms with van der Waals surface area (Å²) in [7, 11) is -3.58. The summed E-state index contributed by atoms with van der Waals surface area (Å²) in [4.78, 5) is 0.357. The predicted molar refractivity (Wildman–Crippen MR) is 99.6 cm³/mol. The number of hydrogen-bond donors (Lipinski definition) is 0. The fourth-order valence-electron chi connectivity index (χ4n) is 3.92. The molecule has 2 saturated carbocycles. The Labute approximate surface area is 150 Å². The van der Waals surface area contributed by atoms with Crippen LogP contribution in [0.3, 0.4) is 0 Å². The number of hydrogen-bond acceptors (Lipinski definition) is 2. The van der Waals surface area contributed by atoms with Crippen LogP contribution in [0.5, 0.6) is 0 Å². The van der Waals surface area contributed by atoms with Crippen molar-refractivity contribution in [1.29, 1.82) is 0 Å². The van der Waals surface area contributed by atoms with Crippen LogP contribution in [0.2, 0.25) is 0 Å². The maximum Gasteiger partial charge on any atom is 0.243 e. The monoisotopic (exact) mass is 353 g/mol. The third kappa shape index (κ3) is 2.74. The number of nitrogens with zero attached hydrogens (tertiary/aromatic N) is 1. The van der Waals surface area contributed by atoms with Crippen LogP contribution >= 0.6 is 0 Å². The van der Waals surface area contributed by atoms with Gasteiger partial charge in [0.25, 0.3) is 0 Å². The van der Waals surface area contributed by atoms with Gasteiger partial charge in [0, 0.05) is 6.54 Å². The number of benzene rings is 2. The molecule has 25 heavy (non-hydrogen) atoms. The van der Waals surface area contributed by atoms with Gasteiger partial charge in [-0.15, -0.1) is 6.58 Å². The molecule has 1 atom stereocenters. The number of rotatable bonds is 7. The minimum absolute atomic E-state index is 0.108. The van der Waals surface area contributed by atoms with Crippen LogP contribution in [-0.4, -0.2) is 19.3 Å². The van der Waals surface area contributed by atoms with Crippen LogP contribution in [-0.2, 0) is 10.0 Å². The second-order valence-corrected chi connectivity index (χ2v) is 9.22. The second kappa shape index (κ2) is 5.82. The van der Waals surface area contributed by atoms with Crippen LogP contribution in [0.4, 0.5) is 0 Å². The first-order valence-corrected chi connectivity index (χ1v) is 10.2. The van der Waals surface area contributed by atoms with Gasteiger partial charge in [0.1, 0.15) is 0 Å². The van der Waals surface area contributed by atoms with Crippen LogP contribution in [0.15, 0.2) is 72.1 Å². The molecule has 130 valence electrons. The van der Waals surface area contributed by atoms with Gasteiger partial charge in [0.15, 0.2) is 0 Å². The Morgan fingerprint density at radius 1 is 1.16 bits per heavy atom. The molecule has 0 aliphatic heterocycles. The van der Waals surface area contributed by atoms with Gasteiger partial charge in [0.05, 0.1) is 10.9 Å². The Kier molecular flexibility index (Phi) is 3.85. The molecule has 0 saturated heterocycles. The van der Waals surface area contributed by atoms with E-state index >= 15 is 0 Å². The van der Waals surface area contributed by atoms with Crippen LogP contribution in [0.1, 0.15) is 30.0 Å².